The number of carbonyl (C=O) groups excluding carboxylic acids is 3. The maximum atomic E-state index is 12.1. The Morgan fingerprint density at radius 1 is 1.14 bits per heavy atom. The summed E-state index contributed by atoms with van der Waals surface area (Å²) in [6, 6.07) is 7.91. The molecule has 0 aromatic heterocycles. The average Bonchev–Trinajstić information content (AvgIpc) is 2.66. The molecule has 0 atom stereocenters. The molecular formula is C18H18N4O7. The van der Waals surface area contributed by atoms with E-state index in [2.05, 4.69) is 10.6 Å². The topological polar surface area (TPSA) is 163 Å². The molecule has 0 bridgehead atoms. The van der Waals surface area contributed by atoms with Gasteiger partial charge in [-0.1, -0.05) is 0 Å². The van der Waals surface area contributed by atoms with E-state index >= 15 is 0 Å². The van der Waals surface area contributed by atoms with Gasteiger partial charge in [0.15, 0.2) is 6.61 Å². The Labute approximate surface area is 164 Å². The number of benzene rings is 2. The zero-order valence-electron chi connectivity index (χ0n) is 15.6. The summed E-state index contributed by atoms with van der Waals surface area (Å²) in [6.45, 7) is 0.663. The third-order valence-corrected chi connectivity index (χ3v) is 3.60. The minimum absolute atomic E-state index is 0.0225. The number of nitro groups is 1. The van der Waals surface area contributed by atoms with Crippen LogP contribution in [0.4, 0.5) is 22.7 Å². The van der Waals surface area contributed by atoms with Gasteiger partial charge in [0.05, 0.1) is 23.3 Å². The standard InChI is InChI=1S/C18H18N4O7/c1-10(23)20-11-3-6-16(28-2)15(7-11)21-17(24)9-29-18(25)13-8-12(22(26)27)4-5-14(13)19/h3-8H,9,19H2,1-2H3,(H,20,23)(H,21,24). The van der Waals surface area contributed by atoms with Crippen LogP contribution < -0.4 is 21.1 Å². The monoisotopic (exact) mass is 402 g/mol. The molecule has 0 heterocycles. The summed E-state index contributed by atoms with van der Waals surface area (Å²) in [6.07, 6.45) is 0. The minimum atomic E-state index is -0.986. The van der Waals surface area contributed by atoms with E-state index in [1.807, 2.05) is 0 Å². The molecule has 11 nitrogen and oxygen atoms in total. The number of amides is 2. The second kappa shape index (κ2) is 9.17. The number of nitrogens with two attached hydrogens (primary N) is 1. The highest BCUT2D eigenvalue weighted by Gasteiger charge is 2.18. The number of nitro benzene ring substituents is 1. The van der Waals surface area contributed by atoms with Crippen molar-refractivity contribution in [1.82, 2.24) is 0 Å². The number of methoxy groups -OCH3 is 1. The van der Waals surface area contributed by atoms with Crippen molar-refractivity contribution < 1.29 is 28.8 Å². The average molecular weight is 402 g/mol. The van der Waals surface area contributed by atoms with Crippen LogP contribution in [0.2, 0.25) is 0 Å². The van der Waals surface area contributed by atoms with Gasteiger partial charge in [0.1, 0.15) is 5.75 Å². The number of hydrogen-bond acceptors (Lipinski definition) is 8. The van der Waals surface area contributed by atoms with Crippen molar-refractivity contribution in [2.75, 3.05) is 30.1 Å². The molecule has 0 saturated carbocycles. The van der Waals surface area contributed by atoms with Gasteiger partial charge < -0.3 is 25.8 Å². The summed E-state index contributed by atoms with van der Waals surface area (Å²) in [5.74, 6) is -1.65. The number of nitrogens with one attached hydrogen (secondary N) is 2. The van der Waals surface area contributed by atoms with Crippen LogP contribution in [-0.2, 0) is 14.3 Å². The molecule has 0 radical (unpaired) electrons. The van der Waals surface area contributed by atoms with Gasteiger partial charge in [-0.2, -0.15) is 0 Å². The molecule has 11 heteroatoms. The Bertz CT molecular complexity index is 975. The van der Waals surface area contributed by atoms with Gasteiger partial charge in [-0.3, -0.25) is 19.7 Å². The van der Waals surface area contributed by atoms with E-state index in [4.69, 9.17) is 15.2 Å². The molecule has 0 spiro atoms. The highest BCUT2D eigenvalue weighted by atomic mass is 16.6. The van der Waals surface area contributed by atoms with Crippen molar-refractivity contribution in [3.63, 3.8) is 0 Å². The van der Waals surface area contributed by atoms with Crippen LogP contribution in [0.25, 0.3) is 0 Å². The van der Waals surface area contributed by atoms with Crippen molar-refractivity contribution >= 4 is 40.5 Å². The van der Waals surface area contributed by atoms with Crippen molar-refractivity contribution in [3.8, 4) is 5.75 Å². The van der Waals surface area contributed by atoms with Crippen molar-refractivity contribution in [3.05, 3.63) is 52.1 Å². The lowest BCUT2D eigenvalue weighted by Crippen LogP contribution is -2.22. The van der Waals surface area contributed by atoms with Crippen LogP contribution in [0.1, 0.15) is 17.3 Å². The maximum absolute atomic E-state index is 12.1. The summed E-state index contributed by atoms with van der Waals surface area (Å²) >= 11 is 0. The number of anilines is 3. The number of non-ortho nitro benzene ring substituents is 1. The predicted octanol–water partition coefficient (Wildman–Crippen LogP) is 1.94. The molecular weight excluding hydrogens is 384 g/mol. The molecule has 152 valence electrons. The Kier molecular flexibility index (Phi) is 6.69. The quantitative estimate of drug-likeness (QED) is 0.274. The Balaban J connectivity index is 2.06. The fourth-order valence-electron chi connectivity index (χ4n) is 2.32. The van der Waals surface area contributed by atoms with Crippen molar-refractivity contribution in [2.24, 2.45) is 0 Å². The number of carbonyl (C=O) groups is 3. The molecule has 2 amide bonds. The van der Waals surface area contributed by atoms with E-state index in [1.54, 1.807) is 6.07 Å². The van der Waals surface area contributed by atoms with E-state index < -0.39 is 23.4 Å². The molecule has 4 N–H and O–H groups in total. The number of nitrogens with zero attached hydrogens (tertiary/aromatic N) is 1. The summed E-state index contributed by atoms with van der Waals surface area (Å²) in [5.41, 5.74) is 5.73. The van der Waals surface area contributed by atoms with Crippen LogP contribution in [-0.4, -0.2) is 36.4 Å². The zero-order valence-corrected chi connectivity index (χ0v) is 15.6. The first-order chi connectivity index (χ1) is 13.7. The van der Waals surface area contributed by atoms with Crippen molar-refractivity contribution in [2.45, 2.75) is 6.92 Å². The molecule has 0 aliphatic carbocycles. The van der Waals surface area contributed by atoms with Gasteiger partial charge in [-0.15, -0.1) is 0 Å². The third kappa shape index (κ3) is 5.66. The van der Waals surface area contributed by atoms with Gasteiger partial charge >= 0.3 is 5.97 Å². The van der Waals surface area contributed by atoms with E-state index in [1.165, 1.54) is 32.2 Å². The molecule has 0 fully saturated rings. The molecule has 2 aromatic rings. The van der Waals surface area contributed by atoms with E-state index in [0.29, 0.717) is 11.4 Å². The lowest BCUT2D eigenvalue weighted by Gasteiger charge is -2.13. The van der Waals surface area contributed by atoms with Crippen LogP contribution >= 0.6 is 0 Å². The first kappa shape index (κ1) is 21.2. The predicted molar refractivity (Wildman–Crippen MR) is 104 cm³/mol. The van der Waals surface area contributed by atoms with Gasteiger partial charge in [0, 0.05) is 30.4 Å². The van der Waals surface area contributed by atoms with Crippen LogP contribution in [0.5, 0.6) is 5.75 Å². The smallest absolute Gasteiger partial charge is 0.341 e. The highest BCUT2D eigenvalue weighted by Crippen LogP contribution is 2.28. The third-order valence-electron chi connectivity index (χ3n) is 3.60. The molecule has 0 saturated heterocycles. The van der Waals surface area contributed by atoms with Gasteiger partial charge in [0.2, 0.25) is 5.91 Å². The highest BCUT2D eigenvalue weighted by molar-refractivity contribution is 5.99. The van der Waals surface area contributed by atoms with E-state index in [9.17, 15) is 24.5 Å². The summed E-state index contributed by atoms with van der Waals surface area (Å²) in [5, 5.41) is 15.9. The second-order valence-electron chi connectivity index (χ2n) is 5.75. The number of esters is 1. The van der Waals surface area contributed by atoms with Crippen LogP contribution in [0.3, 0.4) is 0 Å². The van der Waals surface area contributed by atoms with E-state index in [-0.39, 0.29) is 28.5 Å². The van der Waals surface area contributed by atoms with Crippen LogP contribution in [0.15, 0.2) is 36.4 Å². The largest absolute Gasteiger partial charge is 0.495 e. The molecule has 2 aromatic carbocycles. The number of nitrogen functional groups attached to an aromatic ring is 1. The van der Waals surface area contributed by atoms with Crippen LogP contribution in [0, 0.1) is 10.1 Å². The fourth-order valence-corrected chi connectivity index (χ4v) is 2.32. The lowest BCUT2D eigenvalue weighted by molar-refractivity contribution is -0.384. The summed E-state index contributed by atoms with van der Waals surface area (Å²) in [4.78, 5) is 45.6. The molecule has 0 aliphatic rings. The van der Waals surface area contributed by atoms with Gasteiger partial charge in [-0.25, -0.2) is 4.79 Å². The number of rotatable bonds is 7. The molecule has 29 heavy (non-hydrogen) atoms. The summed E-state index contributed by atoms with van der Waals surface area (Å²) in [7, 11) is 1.40. The molecule has 0 unspecified atom stereocenters. The maximum Gasteiger partial charge on any atom is 0.341 e. The fraction of sp³-hybridized carbons (Fsp3) is 0.167. The Hall–Kier alpha value is -4.15. The molecule has 0 aliphatic heterocycles. The lowest BCUT2D eigenvalue weighted by atomic mass is 10.1. The van der Waals surface area contributed by atoms with Crippen molar-refractivity contribution in [1.29, 1.82) is 0 Å². The van der Waals surface area contributed by atoms with Gasteiger partial charge in [-0.05, 0) is 24.3 Å². The zero-order chi connectivity index (χ0) is 21.6. The normalized spacial score (nSPS) is 10.0. The Morgan fingerprint density at radius 2 is 1.86 bits per heavy atom. The van der Waals surface area contributed by atoms with E-state index in [0.717, 1.165) is 12.1 Å². The number of ether oxygens (including phenoxy) is 2. The second-order valence-corrected chi connectivity index (χ2v) is 5.75. The Morgan fingerprint density at radius 3 is 2.48 bits per heavy atom. The SMILES string of the molecule is COc1ccc(NC(C)=O)cc1NC(=O)COC(=O)c1cc([N+](=O)[O-])ccc1N. The molecule has 2 rings (SSSR count). The first-order valence-electron chi connectivity index (χ1n) is 8.17. The summed E-state index contributed by atoms with van der Waals surface area (Å²) < 4.78 is 10.0. The van der Waals surface area contributed by atoms with Gasteiger partial charge in [0.25, 0.3) is 11.6 Å². The first-order valence-corrected chi connectivity index (χ1v) is 8.17. The number of hydrogen-bond donors (Lipinski definition) is 3. The minimum Gasteiger partial charge on any atom is -0.495 e.